The predicted octanol–water partition coefficient (Wildman–Crippen LogP) is 2.19. The van der Waals surface area contributed by atoms with Gasteiger partial charge in [0.25, 0.3) is 0 Å². The zero-order chi connectivity index (χ0) is 15.2. The average molecular weight is 302 g/mol. The minimum Gasteiger partial charge on any atom is -0.466 e. The molecule has 4 bridgehead atoms. The van der Waals surface area contributed by atoms with Gasteiger partial charge in [0, 0.05) is 11.8 Å². The second-order valence-electron chi connectivity index (χ2n) is 7.91. The first kappa shape index (κ1) is 13.1. The number of methoxy groups -OCH3 is 2. The van der Waals surface area contributed by atoms with Gasteiger partial charge in [0.15, 0.2) is 0 Å². The van der Waals surface area contributed by atoms with Crippen LogP contribution in [0.5, 0.6) is 0 Å². The summed E-state index contributed by atoms with van der Waals surface area (Å²) < 4.78 is 9.93. The number of carbonyl (C=O) groups excluding carboxylic acids is 2. The van der Waals surface area contributed by atoms with Crippen molar-refractivity contribution in [2.75, 3.05) is 14.2 Å². The second kappa shape index (κ2) is 4.15. The van der Waals surface area contributed by atoms with E-state index in [1.165, 1.54) is 39.9 Å². The molecular weight excluding hydrogens is 280 g/mol. The fraction of sp³-hybridized carbons (Fsp3) is 0.778. The Morgan fingerprint density at radius 1 is 0.818 bits per heavy atom. The number of rotatable bonds is 2. The maximum Gasteiger partial charge on any atom is 0.334 e. The van der Waals surface area contributed by atoms with Crippen molar-refractivity contribution in [2.24, 2.45) is 47.3 Å². The third-order valence-corrected chi connectivity index (χ3v) is 7.66. The highest BCUT2D eigenvalue weighted by molar-refractivity contribution is 6.04. The fourth-order valence-corrected chi connectivity index (χ4v) is 7.35. The molecule has 0 aromatic carbocycles. The van der Waals surface area contributed by atoms with Crippen molar-refractivity contribution in [1.29, 1.82) is 0 Å². The molecule has 22 heavy (non-hydrogen) atoms. The Bertz CT molecular complexity index is 556. The van der Waals surface area contributed by atoms with E-state index in [0.717, 1.165) is 23.7 Å². The van der Waals surface area contributed by atoms with Gasteiger partial charge in [-0.2, -0.15) is 0 Å². The van der Waals surface area contributed by atoms with Gasteiger partial charge in [-0.25, -0.2) is 9.59 Å². The largest absolute Gasteiger partial charge is 0.466 e. The van der Waals surface area contributed by atoms with Crippen LogP contribution in [0.4, 0.5) is 0 Å². The van der Waals surface area contributed by atoms with Gasteiger partial charge in [0.2, 0.25) is 0 Å². The number of fused-ring (bicyclic) bond motifs is 12. The fourth-order valence-electron chi connectivity index (χ4n) is 7.35. The highest BCUT2D eigenvalue weighted by Gasteiger charge is 2.71. The van der Waals surface area contributed by atoms with E-state index in [4.69, 9.17) is 9.47 Å². The van der Waals surface area contributed by atoms with E-state index in [0.29, 0.717) is 23.0 Å². The molecule has 0 aliphatic heterocycles. The van der Waals surface area contributed by atoms with Crippen LogP contribution in [0.1, 0.15) is 25.7 Å². The van der Waals surface area contributed by atoms with E-state index < -0.39 is 0 Å². The van der Waals surface area contributed by atoms with E-state index >= 15 is 0 Å². The third-order valence-electron chi connectivity index (χ3n) is 7.66. The molecule has 5 rings (SSSR count). The Hall–Kier alpha value is -1.32. The number of esters is 2. The number of hydrogen-bond donors (Lipinski definition) is 0. The van der Waals surface area contributed by atoms with E-state index in [1.807, 2.05) is 0 Å². The molecule has 0 amide bonds. The van der Waals surface area contributed by atoms with E-state index in [1.54, 1.807) is 0 Å². The molecule has 0 N–H and O–H groups in total. The Labute approximate surface area is 130 Å². The minimum atomic E-state index is -0.311. The SMILES string of the molecule is COC(=O)C1=C(C(=O)OC)C2C1[C@H]1C[C@@H]2C2C1[C@@H]1CC[C@H]2C1. The van der Waals surface area contributed by atoms with E-state index in [2.05, 4.69) is 0 Å². The van der Waals surface area contributed by atoms with Crippen molar-refractivity contribution >= 4 is 11.9 Å². The first-order chi connectivity index (χ1) is 10.7. The number of hydrogen-bond acceptors (Lipinski definition) is 4. The zero-order valence-corrected chi connectivity index (χ0v) is 13.1. The van der Waals surface area contributed by atoms with Gasteiger partial charge in [-0.3, -0.25) is 0 Å². The van der Waals surface area contributed by atoms with Gasteiger partial charge >= 0.3 is 11.9 Å². The third kappa shape index (κ3) is 1.27. The maximum absolute atomic E-state index is 12.2. The summed E-state index contributed by atoms with van der Waals surface area (Å²) in [6, 6.07) is 0. The summed E-state index contributed by atoms with van der Waals surface area (Å²) in [6.07, 6.45) is 5.36. The van der Waals surface area contributed by atoms with Crippen LogP contribution in [0.2, 0.25) is 0 Å². The Morgan fingerprint density at radius 3 is 1.68 bits per heavy atom. The molecule has 4 nitrogen and oxygen atoms in total. The van der Waals surface area contributed by atoms with Gasteiger partial charge in [0.05, 0.1) is 25.4 Å². The lowest BCUT2D eigenvalue weighted by Crippen LogP contribution is -2.49. The molecule has 4 fully saturated rings. The van der Waals surface area contributed by atoms with Crippen molar-refractivity contribution in [3.05, 3.63) is 11.1 Å². The highest BCUT2D eigenvalue weighted by Crippen LogP contribution is 2.75. The summed E-state index contributed by atoms with van der Waals surface area (Å²) in [5.41, 5.74) is 1.29. The first-order valence-electron chi connectivity index (χ1n) is 8.58. The predicted molar refractivity (Wildman–Crippen MR) is 77.4 cm³/mol. The van der Waals surface area contributed by atoms with Crippen LogP contribution >= 0.6 is 0 Å². The normalized spacial score (nSPS) is 49.7. The first-order valence-corrected chi connectivity index (χ1v) is 8.58. The molecule has 5 aliphatic rings. The molecule has 0 aromatic heterocycles. The molecule has 4 unspecified atom stereocenters. The summed E-state index contributed by atoms with van der Waals surface area (Å²) >= 11 is 0. The summed E-state index contributed by atoms with van der Waals surface area (Å²) in [5, 5.41) is 0. The van der Waals surface area contributed by atoms with Gasteiger partial charge in [-0.1, -0.05) is 0 Å². The van der Waals surface area contributed by atoms with Gasteiger partial charge in [0.1, 0.15) is 0 Å². The van der Waals surface area contributed by atoms with E-state index in [9.17, 15) is 9.59 Å². The van der Waals surface area contributed by atoms with Crippen LogP contribution in [0.15, 0.2) is 11.1 Å². The van der Waals surface area contributed by atoms with Crippen LogP contribution in [-0.4, -0.2) is 26.2 Å². The monoisotopic (exact) mass is 302 g/mol. The van der Waals surface area contributed by atoms with Crippen LogP contribution in [0.3, 0.4) is 0 Å². The Balaban J connectivity index is 1.57. The van der Waals surface area contributed by atoms with Crippen molar-refractivity contribution < 1.29 is 19.1 Å². The van der Waals surface area contributed by atoms with Crippen LogP contribution in [-0.2, 0) is 19.1 Å². The molecule has 118 valence electrons. The molecule has 0 radical (unpaired) electrons. The lowest BCUT2D eigenvalue weighted by atomic mass is 9.54. The summed E-state index contributed by atoms with van der Waals surface area (Å²) in [7, 11) is 2.82. The molecule has 0 aromatic rings. The summed E-state index contributed by atoms with van der Waals surface area (Å²) in [4.78, 5) is 24.4. The molecule has 8 atom stereocenters. The Morgan fingerprint density at radius 2 is 1.27 bits per heavy atom. The molecule has 5 aliphatic carbocycles. The quantitative estimate of drug-likeness (QED) is 0.579. The lowest BCUT2D eigenvalue weighted by Gasteiger charge is -2.49. The maximum atomic E-state index is 12.2. The molecule has 4 heteroatoms. The zero-order valence-electron chi connectivity index (χ0n) is 13.1. The molecule has 0 spiro atoms. The standard InChI is InChI=1S/C18H22O4/c1-21-17(19)15-13-9-6-10(14(13)16(15)18(20)22-2)12-8-4-3-7(5-8)11(9)12/h7-14H,3-6H2,1-2H3/t7-,8+,9+,10-,11?,12?,13?,14?. The molecule has 4 saturated carbocycles. The summed E-state index contributed by atoms with van der Waals surface area (Å²) in [6.45, 7) is 0. The smallest absolute Gasteiger partial charge is 0.334 e. The van der Waals surface area contributed by atoms with E-state index in [-0.39, 0.29) is 23.8 Å². The van der Waals surface area contributed by atoms with Gasteiger partial charge in [-0.05, 0) is 61.2 Å². The van der Waals surface area contributed by atoms with Crippen molar-refractivity contribution in [3.63, 3.8) is 0 Å². The highest BCUT2D eigenvalue weighted by atomic mass is 16.5. The van der Waals surface area contributed by atoms with Crippen LogP contribution in [0.25, 0.3) is 0 Å². The van der Waals surface area contributed by atoms with Gasteiger partial charge < -0.3 is 9.47 Å². The Kier molecular flexibility index (Phi) is 2.48. The molecular formula is C18H22O4. The topological polar surface area (TPSA) is 52.6 Å². The van der Waals surface area contributed by atoms with Crippen molar-refractivity contribution in [1.82, 2.24) is 0 Å². The number of carbonyl (C=O) groups is 2. The van der Waals surface area contributed by atoms with Gasteiger partial charge in [-0.15, -0.1) is 0 Å². The second-order valence-corrected chi connectivity index (χ2v) is 7.91. The van der Waals surface area contributed by atoms with Crippen molar-refractivity contribution in [2.45, 2.75) is 25.7 Å². The van der Waals surface area contributed by atoms with Crippen LogP contribution < -0.4 is 0 Å². The average Bonchev–Trinajstić information content (AvgIpc) is 3.23. The molecule has 0 heterocycles. The summed E-state index contributed by atoms with van der Waals surface area (Å²) in [5.74, 6) is 4.52. The van der Waals surface area contributed by atoms with Crippen molar-refractivity contribution in [3.8, 4) is 0 Å². The van der Waals surface area contributed by atoms with Crippen LogP contribution in [0, 0.1) is 47.3 Å². The minimum absolute atomic E-state index is 0.271. The number of ether oxygens (including phenoxy) is 2. The lowest BCUT2D eigenvalue weighted by molar-refractivity contribution is -0.143. The molecule has 0 saturated heterocycles.